The van der Waals surface area contributed by atoms with Gasteiger partial charge in [-0.15, -0.1) is 0 Å². The van der Waals surface area contributed by atoms with Gasteiger partial charge in [-0.1, -0.05) is 13.8 Å². The zero-order valence-electron chi connectivity index (χ0n) is 15.9. The normalized spacial score (nSPS) is 23.0. The van der Waals surface area contributed by atoms with Crippen molar-refractivity contribution >= 4 is 5.91 Å². The molecule has 1 saturated carbocycles. The Morgan fingerprint density at radius 1 is 1.15 bits per heavy atom. The molecule has 0 aliphatic heterocycles. The highest BCUT2D eigenvalue weighted by Crippen LogP contribution is 2.32. The van der Waals surface area contributed by atoms with E-state index in [-0.39, 0.29) is 23.1 Å². The number of nitrogens with zero attached hydrogens (tertiary/aromatic N) is 3. The van der Waals surface area contributed by atoms with Crippen LogP contribution in [0.1, 0.15) is 55.0 Å². The summed E-state index contributed by atoms with van der Waals surface area (Å²) in [6.45, 7) is 8.86. The Kier molecular flexibility index (Phi) is 5.25. The Balaban J connectivity index is 1.70. The third-order valence-corrected chi connectivity index (χ3v) is 4.96. The Hall–Kier alpha value is -2.44. The largest absolute Gasteiger partial charge is 0.350 e. The maximum Gasteiger partial charge on any atom is 0.274 e. The van der Waals surface area contributed by atoms with Gasteiger partial charge in [0.25, 0.3) is 17.4 Å². The van der Waals surface area contributed by atoms with Gasteiger partial charge in [-0.3, -0.25) is 14.7 Å². The molecule has 2 aromatic heterocycles. The summed E-state index contributed by atoms with van der Waals surface area (Å²) in [6.07, 6.45) is 3.54. The van der Waals surface area contributed by atoms with E-state index in [0.717, 1.165) is 24.2 Å². The molecule has 2 aromatic rings. The topological polar surface area (TPSA) is 92.7 Å². The minimum Gasteiger partial charge on any atom is -0.350 e. The molecule has 2 heterocycles. The predicted octanol–water partition coefficient (Wildman–Crippen LogP) is 2.37. The molecule has 0 spiro atoms. The Morgan fingerprint density at radius 2 is 1.77 bits per heavy atom. The lowest BCUT2D eigenvalue weighted by Gasteiger charge is -2.31. The molecule has 1 fully saturated rings. The quantitative estimate of drug-likeness (QED) is 0.878. The van der Waals surface area contributed by atoms with Crippen LogP contribution in [0.5, 0.6) is 0 Å². The molecule has 1 aliphatic carbocycles. The Labute approximate surface area is 153 Å². The van der Waals surface area contributed by atoms with Gasteiger partial charge in [0, 0.05) is 24.0 Å². The van der Waals surface area contributed by atoms with Crippen LogP contribution in [0.4, 0.5) is 0 Å². The summed E-state index contributed by atoms with van der Waals surface area (Å²) in [5.74, 6) is 1.87. The minimum atomic E-state index is -0.347. The summed E-state index contributed by atoms with van der Waals surface area (Å²) in [6, 6.07) is 3.12. The first-order valence-electron chi connectivity index (χ1n) is 9.24. The molecule has 0 radical (unpaired) electrons. The van der Waals surface area contributed by atoms with E-state index in [2.05, 4.69) is 34.2 Å². The van der Waals surface area contributed by atoms with Crippen LogP contribution >= 0.6 is 0 Å². The smallest absolute Gasteiger partial charge is 0.274 e. The van der Waals surface area contributed by atoms with Crippen LogP contribution in [0.25, 0.3) is 5.95 Å². The number of aromatic nitrogens is 4. The zero-order chi connectivity index (χ0) is 18.8. The highest BCUT2D eigenvalue weighted by Gasteiger charge is 2.24. The standard InChI is InChI=1S/C19H27N5O2/c1-11-5-12(2)7-15(6-11)10-20-18(26)16-9-17(25)24(23-16)19-21-13(3)8-14(4)22-19/h8-9,11-12,15,23H,5-7,10H2,1-4H3,(H,20,26). The van der Waals surface area contributed by atoms with Gasteiger partial charge in [0.15, 0.2) is 0 Å². The van der Waals surface area contributed by atoms with Gasteiger partial charge in [-0.05, 0) is 56.9 Å². The second kappa shape index (κ2) is 7.43. The second-order valence-electron chi connectivity index (χ2n) is 7.79. The van der Waals surface area contributed by atoms with Crippen LogP contribution in [0.2, 0.25) is 0 Å². The average molecular weight is 357 g/mol. The molecule has 1 aliphatic rings. The molecule has 0 aromatic carbocycles. The zero-order valence-corrected chi connectivity index (χ0v) is 15.9. The van der Waals surface area contributed by atoms with E-state index in [4.69, 9.17) is 0 Å². The summed E-state index contributed by atoms with van der Waals surface area (Å²) in [7, 11) is 0. The minimum absolute atomic E-state index is 0.231. The summed E-state index contributed by atoms with van der Waals surface area (Å²) >= 11 is 0. The van der Waals surface area contributed by atoms with Crippen molar-refractivity contribution in [2.24, 2.45) is 17.8 Å². The molecule has 7 heteroatoms. The molecule has 0 bridgehead atoms. The fourth-order valence-electron chi connectivity index (χ4n) is 4.08. The summed E-state index contributed by atoms with van der Waals surface area (Å²) in [5, 5.41) is 5.79. The van der Waals surface area contributed by atoms with E-state index in [1.165, 1.54) is 17.2 Å². The summed E-state index contributed by atoms with van der Waals surface area (Å²) in [4.78, 5) is 33.2. The molecule has 2 unspecified atom stereocenters. The number of H-pyrrole nitrogens is 1. The van der Waals surface area contributed by atoms with Crippen molar-refractivity contribution < 1.29 is 4.79 Å². The van der Waals surface area contributed by atoms with Crippen molar-refractivity contribution in [3.8, 4) is 5.95 Å². The van der Waals surface area contributed by atoms with Crippen LogP contribution in [0.3, 0.4) is 0 Å². The molecule has 3 rings (SSSR count). The van der Waals surface area contributed by atoms with Gasteiger partial charge >= 0.3 is 0 Å². The number of aryl methyl sites for hydroxylation is 2. The Bertz CT molecular complexity index is 824. The molecule has 1 amide bonds. The molecule has 2 N–H and O–H groups in total. The number of nitrogens with one attached hydrogen (secondary N) is 2. The van der Waals surface area contributed by atoms with Gasteiger partial charge < -0.3 is 5.32 Å². The maximum atomic E-state index is 12.4. The number of amides is 1. The van der Waals surface area contributed by atoms with E-state index in [9.17, 15) is 9.59 Å². The van der Waals surface area contributed by atoms with Gasteiger partial charge in [0.2, 0.25) is 0 Å². The fourth-order valence-corrected chi connectivity index (χ4v) is 4.08. The fraction of sp³-hybridized carbons (Fsp3) is 0.579. The number of carbonyl (C=O) groups excluding carboxylic acids is 1. The predicted molar refractivity (Wildman–Crippen MR) is 99.5 cm³/mol. The van der Waals surface area contributed by atoms with Crippen molar-refractivity contribution in [1.82, 2.24) is 25.1 Å². The second-order valence-corrected chi connectivity index (χ2v) is 7.79. The first kappa shape index (κ1) is 18.4. The van der Waals surface area contributed by atoms with Gasteiger partial charge in [0.1, 0.15) is 5.69 Å². The van der Waals surface area contributed by atoms with Crippen molar-refractivity contribution in [3.63, 3.8) is 0 Å². The van der Waals surface area contributed by atoms with Crippen molar-refractivity contribution in [2.45, 2.75) is 47.0 Å². The van der Waals surface area contributed by atoms with E-state index >= 15 is 0 Å². The highest BCUT2D eigenvalue weighted by atomic mass is 16.2. The van der Waals surface area contributed by atoms with E-state index in [1.807, 2.05) is 19.9 Å². The van der Waals surface area contributed by atoms with Crippen molar-refractivity contribution in [2.75, 3.05) is 6.54 Å². The highest BCUT2D eigenvalue weighted by molar-refractivity contribution is 5.92. The van der Waals surface area contributed by atoms with Crippen LogP contribution in [0.15, 0.2) is 16.9 Å². The van der Waals surface area contributed by atoms with Gasteiger partial charge in [0.05, 0.1) is 0 Å². The number of rotatable bonds is 4. The summed E-state index contributed by atoms with van der Waals surface area (Å²) in [5.41, 5.74) is 1.41. The SMILES string of the molecule is Cc1cc(C)nc(-n2[nH]c(C(=O)NCC3CC(C)CC(C)C3)cc2=O)n1. The molecule has 26 heavy (non-hydrogen) atoms. The molecular weight excluding hydrogens is 330 g/mol. The van der Waals surface area contributed by atoms with Crippen LogP contribution in [0, 0.1) is 31.6 Å². The Morgan fingerprint density at radius 3 is 2.38 bits per heavy atom. The molecule has 140 valence electrons. The lowest BCUT2D eigenvalue weighted by atomic mass is 9.77. The lowest BCUT2D eigenvalue weighted by molar-refractivity contribution is 0.0930. The lowest BCUT2D eigenvalue weighted by Crippen LogP contribution is -2.33. The third kappa shape index (κ3) is 4.20. The number of hydrogen-bond acceptors (Lipinski definition) is 4. The third-order valence-electron chi connectivity index (χ3n) is 4.96. The first-order valence-corrected chi connectivity index (χ1v) is 9.24. The maximum absolute atomic E-state index is 12.4. The van der Waals surface area contributed by atoms with E-state index in [0.29, 0.717) is 24.3 Å². The van der Waals surface area contributed by atoms with Gasteiger partial charge in [-0.25, -0.2) is 9.97 Å². The van der Waals surface area contributed by atoms with Gasteiger partial charge in [-0.2, -0.15) is 4.68 Å². The molecular formula is C19H27N5O2. The van der Waals surface area contributed by atoms with Crippen molar-refractivity contribution in [3.05, 3.63) is 39.6 Å². The molecule has 2 atom stereocenters. The average Bonchev–Trinajstić information content (AvgIpc) is 2.93. The van der Waals surface area contributed by atoms with Crippen LogP contribution < -0.4 is 10.9 Å². The molecule has 0 saturated heterocycles. The summed E-state index contributed by atoms with van der Waals surface area (Å²) < 4.78 is 1.21. The first-order chi connectivity index (χ1) is 12.3. The van der Waals surface area contributed by atoms with Crippen LogP contribution in [-0.2, 0) is 0 Å². The van der Waals surface area contributed by atoms with Crippen molar-refractivity contribution in [1.29, 1.82) is 0 Å². The van der Waals surface area contributed by atoms with E-state index in [1.54, 1.807) is 0 Å². The van der Waals surface area contributed by atoms with E-state index < -0.39 is 0 Å². The monoisotopic (exact) mass is 357 g/mol. The number of carbonyl (C=O) groups is 1. The molecule has 7 nitrogen and oxygen atoms in total. The number of hydrogen-bond donors (Lipinski definition) is 2. The number of aromatic amines is 1. The van der Waals surface area contributed by atoms with Crippen LogP contribution in [-0.4, -0.2) is 32.2 Å².